The van der Waals surface area contributed by atoms with E-state index < -0.39 is 6.10 Å². The summed E-state index contributed by atoms with van der Waals surface area (Å²) >= 11 is 0. The van der Waals surface area contributed by atoms with Crippen molar-refractivity contribution < 1.29 is 5.11 Å². The molecule has 1 aliphatic heterocycles. The molecule has 2 aromatic heterocycles. The lowest BCUT2D eigenvalue weighted by Gasteiger charge is -2.30. The van der Waals surface area contributed by atoms with Gasteiger partial charge in [0.2, 0.25) is 0 Å². The quantitative estimate of drug-likeness (QED) is 0.403. The molecule has 8 nitrogen and oxygen atoms in total. The Labute approximate surface area is 176 Å². The molecule has 3 aromatic rings. The summed E-state index contributed by atoms with van der Waals surface area (Å²) in [5, 5.41) is 25.4. The Morgan fingerprint density at radius 1 is 1.13 bits per heavy atom. The average molecular weight is 408 g/mol. The number of nitrogens with one attached hydrogen (secondary N) is 2. The maximum absolute atomic E-state index is 10.5. The minimum Gasteiger partial charge on any atom is -0.390 e. The Hall–Kier alpha value is -2.97. The molecule has 3 heterocycles. The van der Waals surface area contributed by atoms with Crippen LogP contribution in [0.2, 0.25) is 0 Å². The van der Waals surface area contributed by atoms with Crippen molar-refractivity contribution in [3.8, 4) is 0 Å². The third kappa shape index (κ3) is 4.95. The summed E-state index contributed by atoms with van der Waals surface area (Å²) < 4.78 is 1.93. The molecule has 0 aliphatic carbocycles. The van der Waals surface area contributed by atoms with Crippen molar-refractivity contribution in [1.29, 1.82) is 0 Å². The highest BCUT2D eigenvalue weighted by Crippen LogP contribution is 2.18. The average Bonchev–Trinajstić information content (AvgIpc) is 3.19. The van der Waals surface area contributed by atoms with Gasteiger partial charge >= 0.3 is 0 Å². The molecule has 0 bridgehead atoms. The summed E-state index contributed by atoms with van der Waals surface area (Å²) in [5.74, 6) is 1.43. The predicted octanol–water partition coefficient (Wildman–Crippen LogP) is 1.20. The van der Waals surface area contributed by atoms with Crippen molar-refractivity contribution >= 4 is 11.6 Å². The van der Waals surface area contributed by atoms with Crippen LogP contribution in [0.5, 0.6) is 0 Å². The number of aliphatic imine (C=N–C) groups is 1. The number of pyridine rings is 1. The Balaban J connectivity index is 1.30. The summed E-state index contributed by atoms with van der Waals surface area (Å²) in [6.45, 7) is 6.10. The molecule has 3 N–H and O–H groups in total. The number of guanidine groups is 1. The first-order valence-electron chi connectivity index (χ1n) is 10.5. The van der Waals surface area contributed by atoms with Gasteiger partial charge < -0.3 is 15.7 Å². The number of hydrogen-bond acceptors (Lipinski definition) is 5. The van der Waals surface area contributed by atoms with Crippen molar-refractivity contribution in [1.82, 2.24) is 30.1 Å². The molecule has 0 fully saturated rings. The van der Waals surface area contributed by atoms with Crippen LogP contribution in [0.25, 0.3) is 5.65 Å². The van der Waals surface area contributed by atoms with Crippen LogP contribution in [0, 0.1) is 0 Å². The molecule has 1 unspecified atom stereocenters. The topological polar surface area (TPSA) is 90.1 Å². The summed E-state index contributed by atoms with van der Waals surface area (Å²) in [7, 11) is 0. The van der Waals surface area contributed by atoms with Crippen LogP contribution < -0.4 is 10.6 Å². The van der Waals surface area contributed by atoms with E-state index in [2.05, 4.69) is 55.0 Å². The van der Waals surface area contributed by atoms with E-state index in [1.165, 1.54) is 11.1 Å². The lowest BCUT2D eigenvalue weighted by atomic mass is 10.00. The highest BCUT2D eigenvalue weighted by Gasteiger charge is 2.18. The van der Waals surface area contributed by atoms with Crippen LogP contribution in [0.1, 0.15) is 23.9 Å². The van der Waals surface area contributed by atoms with Gasteiger partial charge in [0.15, 0.2) is 17.4 Å². The zero-order valence-electron chi connectivity index (χ0n) is 17.3. The van der Waals surface area contributed by atoms with E-state index in [1.54, 1.807) is 0 Å². The second-order valence-electron chi connectivity index (χ2n) is 7.53. The maximum Gasteiger partial charge on any atom is 0.191 e. The normalized spacial score (nSPS) is 15.7. The fraction of sp³-hybridized carbons (Fsp3) is 0.409. The van der Waals surface area contributed by atoms with Crippen LogP contribution in [0.15, 0.2) is 53.7 Å². The molecule has 0 radical (unpaired) electrons. The number of aromatic nitrogens is 3. The van der Waals surface area contributed by atoms with Crippen LogP contribution in [0.4, 0.5) is 0 Å². The molecular weight excluding hydrogens is 378 g/mol. The molecule has 0 saturated carbocycles. The molecule has 0 saturated heterocycles. The van der Waals surface area contributed by atoms with Gasteiger partial charge in [-0.3, -0.25) is 9.30 Å². The molecule has 1 aromatic carbocycles. The number of aliphatic hydroxyl groups is 1. The fourth-order valence-electron chi connectivity index (χ4n) is 3.78. The van der Waals surface area contributed by atoms with Crippen molar-refractivity contribution in [2.24, 2.45) is 4.99 Å². The number of fused-ring (bicyclic) bond motifs is 2. The molecule has 0 amide bonds. The van der Waals surface area contributed by atoms with Gasteiger partial charge in [0.1, 0.15) is 6.54 Å². The molecule has 1 aliphatic rings. The number of rotatable bonds is 7. The number of hydrogen-bond donors (Lipinski definition) is 3. The number of nitrogens with zero attached hydrogens (tertiary/aromatic N) is 5. The van der Waals surface area contributed by atoms with Gasteiger partial charge in [-0.25, -0.2) is 4.99 Å². The summed E-state index contributed by atoms with van der Waals surface area (Å²) in [6, 6.07) is 14.3. The Morgan fingerprint density at radius 2 is 1.97 bits per heavy atom. The standard InChI is InChI=1S/C22H29N7O/c1-2-23-22(25-14-21-27-26-20-9-5-6-11-29(20)21)24-13-19(30)16-28-12-10-17-7-3-4-8-18(17)15-28/h3-9,11,19,30H,2,10,12-16H2,1H3,(H2,23,24,25). The van der Waals surface area contributed by atoms with Crippen LogP contribution >= 0.6 is 0 Å². The SMILES string of the molecule is CCNC(=NCc1nnc2ccccn12)NCC(O)CN1CCc2ccccc2C1. The van der Waals surface area contributed by atoms with Gasteiger partial charge in [-0.05, 0) is 36.6 Å². The van der Waals surface area contributed by atoms with Crippen molar-refractivity contribution in [2.75, 3.05) is 26.2 Å². The molecular formula is C22H29N7O. The van der Waals surface area contributed by atoms with E-state index in [-0.39, 0.29) is 0 Å². The van der Waals surface area contributed by atoms with Gasteiger partial charge in [-0.2, -0.15) is 0 Å². The molecule has 1 atom stereocenters. The Bertz CT molecular complexity index is 1000. The van der Waals surface area contributed by atoms with Gasteiger partial charge in [0.25, 0.3) is 0 Å². The highest BCUT2D eigenvalue weighted by atomic mass is 16.3. The number of benzene rings is 1. The second kappa shape index (κ2) is 9.69. The van der Waals surface area contributed by atoms with E-state index in [4.69, 9.17) is 0 Å². The van der Waals surface area contributed by atoms with Gasteiger partial charge in [0, 0.05) is 38.9 Å². The van der Waals surface area contributed by atoms with Gasteiger partial charge in [0.05, 0.1) is 6.10 Å². The molecule has 8 heteroatoms. The van der Waals surface area contributed by atoms with Crippen LogP contribution in [-0.4, -0.2) is 62.8 Å². The Kier molecular flexibility index (Phi) is 6.56. The van der Waals surface area contributed by atoms with E-state index in [0.717, 1.165) is 37.5 Å². The summed E-state index contributed by atoms with van der Waals surface area (Å²) in [4.78, 5) is 6.91. The first-order valence-corrected chi connectivity index (χ1v) is 10.5. The minimum absolute atomic E-state index is 0.402. The first-order chi connectivity index (χ1) is 14.7. The van der Waals surface area contributed by atoms with Crippen LogP contribution in [-0.2, 0) is 19.5 Å². The largest absolute Gasteiger partial charge is 0.390 e. The first kappa shape index (κ1) is 20.3. The number of β-amino-alcohol motifs (C(OH)–C–C–N with tert-alkyl or cyclic N) is 1. The van der Waals surface area contributed by atoms with Crippen molar-refractivity contribution in [2.45, 2.75) is 32.5 Å². The zero-order valence-corrected chi connectivity index (χ0v) is 17.3. The molecule has 4 rings (SSSR count). The number of aliphatic hydroxyl groups excluding tert-OH is 1. The van der Waals surface area contributed by atoms with Gasteiger partial charge in [-0.15, -0.1) is 10.2 Å². The Morgan fingerprint density at radius 3 is 2.83 bits per heavy atom. The molecule has 158 valence electrons. The van der Waals surface area contributed by atoms with E-state index in [0.29, 0.717) is 25.6 Å². The summed E-state index contributed by atoms with van der Waals surface area (Å²) in [6.07, 6.45) is 2.49. The smallest absolute Gasteiger partial charge is 0.191 e. The van der Waals surface area contributed by atoms with Crippen molar-refractivity contribution in [3.63, 3.8) is 0 Å². The minimum atomic E-state index is -0.479. The van der Waals surface area contributed by atoms with Gasteiger partial charge in [-0.1, -0.05) is 30.3 Å². The van der Waals surface area contributed by atoms with E-state index in [9.17, 15) is 5.11 Å². The lowest BCUT2D eigenvalue weighted by molar-refractivity contribution is 0.108. The van der Waals surface area contributed by atoms with Crippen molar-refractivity contribution in [3.05, 3.63) is 65.6 Å². The van der Waals surface area contributed by atoms with E-state index in [1.807, 2.05) is 35.7 Å². The lowest BCUT2D eigenvalue weighted by Crippen LogP contribution is -2.45. The monoisotopic (exact) mass is 407 g/mol. The zero-order chi connectivity index (χ0) is 20.8. The highest BCUT2D eigenvalue weighted by molar-refractivity contribution is 5.79. The van der Waals surface area contributed by atoms with Crippen LogP contribution in [0.3, 0.4) is 0 Å². The predicted molar refractivity (Wildman–Crippen MR) is 117 cm³/mol. The third-order valence-electron chi connectivity index (χ3n) is 5.29. The molecule has 30 heavy (non-hydrogen) atoms. The third-order valence-corrected chi connectivity index (χ3v) is 5.29. The maximum atomic E-state index is 10.5. The molecule has 0 spiro atoms. The fourth-order valence-corrected chi connectivity index (χ4v) is 3.78. The van der Waals surface area contributed by atoms with E-state index >= 15 is 0 Å². The summed E-state index contributed by atoms with van der Waals surface area (Å²) in [5.41, 5.74) is 3.59. The second-order valence-corrected chi connectivity index (χ2v) is 7.53.